The summed E-state index contributed by atoms with van der Waals surface area (Å²) in [5, 5.41) is 4.38. The zero-order valence-corrected chi connectivity index (χ0v) is 24.4. The van der Waals surface area contributed by atoms with Gasteiger partial charge in [-0.2, -0.15) is 0 Å². The lowest BCUT2D eigenvalue weighted by molar-refractivity contribution is 0.102. The SMILES string of the molecule is CCc1sc(NC(=O)c2cc3cc(Br)ccc3oc2=Nc2cccc(C)c2C)nc1-c1cc(C)ccc1C. The van der Waals surface area contributed by atoms with Gasteiger partial charge in [-0.3, -0.25) is 10.1 Å². The van der Waals surface area contributed by atoms with Crippen molar-refractivity contribution in [1.29, 1.82) is 0 Å². The van der Waals surface area contributed by atoms with Crippen LogP contribution in [0.4, 0.5) is 10.8 Å². The van der Waals surface area contributed by atoms with Crippen molar-refractivity contribution in [1.82, 2.24) is 4.98 Å². The number of rotatable bonds is 5. The third-order valence-corrected chi connectivity index (χ3v) is 8.25. The Bertz CT molecular complexity index is 1770. The van der Waals surface area contributed by atoms with Gasteiger partial charge in [0.15, 0.2) is 5.13 Å². The van der Waals surface area contributed by atoms with Crippen LogP contribution in [0.15, 0.2) is 74.5 Å². The van der Waals surface area contributed by atoms with E-state index < -0.39 is 0 Å². The van der Waals surface area contributed by atoms with Gasteiger partial charge in [-0.1, -0.05) is 52.7 Å². The number of aryl methyl sites for hydroxylation is 4. The molecule has 5 nitrogen and oxygen atoms in total. The summed E-state index contributed by atoms with van der Waals surface area (Å²) in [5.41, 5.74) is 8.51. The number of fused-ring (bicyclic) bond motifs is 1. The van der Waals surface area contributed by atoms with Crippen molar-refractivity contribution in [3.05, 3.63) is 103 Å². The first-order chi connectivity index (χ1) is 18.2. The molecule has 5 rings (SSSR count). The molecule has 7 heteroatoms. The number of aromatic nitrogens is 1. The molecular formula is C31H28BrN3O2S. The van der Waals surface area contributed by atoms with Gasteiger partial charge in [0.05, 0.1) is 11.4 Å². The number of nitrogens with one attached hydrogen (secondary N) is 1. The molecule has 0 radical (unpaired) electrons. The molecule has 0 atom stereocenters. The molecule has 3 aromatic carbocycles. The molecule has 192 valence electrons. The van der Waals surface area contributed by atoms with Crippen LogP contribution in [0, 0.1) is 27.7 Å². The van der Waals surface area contributed by atoms with Gasteiger partial charge in [-0.15, -0.1) is 11.3 Å². The number of thiazole rings is 1. The Morgan fingerprint density at radius 1 is 1.03 bits per heavy atom. The monoisotopic (exact) mass is 585 g/mol. The van der Waals surface area contributed by atoms with Crippen LogP contribution in [-0.4, -0.2) is 10.9 Å². The molecule has 0 aliphatic rings. The number of hydrogen-bond donors (Lipinski definition) is 1. The summed E-state index contributed by atoms with van der Waals surface area (Å²) in [6.07, 6.45) is 0.822. The zero-order chi connectivity index (χ0) is 27.0. The largest absolute Gasteiger partial charge is 0.438 e. The molecule has 0 bridgehead atoms. The van der Waals surface area contributed by atoms with Crippen LogP contribution < -0.4 is 10.9 Å². The number of amides is 1. The summed E-state index contributed by atoms with van der Waals surface area (Å²) in [6.45, 7) is 10.3. The fourth-order valence-electron chi connectivity index (χ4n) is 4.32. The van der Waals surface area contributed by atoms with Crippen LogP contribution in [0.2, 0.25) is 0 Å². The Morgan fingerprint density at radius 2 is 1.84 bits per heavy atom. The van der Waals surface area contributed by atoms with Crippen LogP contribution in [-0.2, 0) is 6.42 Å². The summed E-state index contributed by atoms with van der Waals surface area (Å²) >= 11 is 5.02. The minimum absolute atomic E-state index is 0.257. The fourth-order valence-corrected chi connectivity index (χ4v) is 5.61. The number of nitrogens with zero attached hydrogens (tertiary/aromatic N) is 2. The maximum Gasteiger partial charge on any atom is 0.262 e. The Kier molecular flexibility index (Phi) is 7.32. The average molecular weight is 587 g/mol. The minimum Gasteiger partial charge on any atom is -0.438 e. The van der Waals surface area contributed by atoms with E-state index in [4.69, 9.17) is 14.4 Å². The first-order valence-corrected chi connectivity index (χ1v) is 14.1. The molecule has 0 unspecified atom stereocenters. The van der Waals surface area contributed by atoms with Gasteiger partial charge in [0, 0.05) is 20.3 Å². The summed E-state index contributed by atoms with van der Waals surface area (Å²) in [4.78, 5) is 24.5. The van der Waals surface area contributed by atoms with Crippen LogP contribution in [0.25, 0.3) is 22.2 Å². The third-order valence-electron chi connectivity index (χ3n) is 6.64. The van der Waals surface area contributed by atoms with E-state index in [1.165, 1.54) is 16.9 Å². The highest BCUT2D eigenvalue weighted by atomic mass is 79.9. The van der Waals surface area contributed by atoms with Gasteiger partial charge in [0.25, 0.3) is 5.91 Å². The van der Waals surface area contributed by atoms with Gasteiger partial charge in [0.1, 0.15) is 11.1 Å². The Labute approximate surface area is 234 Å². The van der Waals surface area contributed by atoms with Gasteiger partial charge < -0.3 is 4.42 Å². The van der Waals surface area contributed by atoms with E-state index in [1.54, 1.807) is 0 Å². The van der Waals surface area contributed by atoms with Crippen molar-refractivity contribution in [3.63, 3.8) is 0 Å². The molecule has 0 aliphatic heterocycles. The lowest BCUT2D eigenvalue weighted by atomic mass is 10.0. The molecule has 0 aliphatic carbocycles. The first-order valence-electron chi connectivity index (χ1n) is 12.5. The van der Waals surface area contributed by atoms with E-state index in [0.717, 1.165) is 54.8 Å². The quantitative estimate of drug-likeness (QED) is 0.224. The minimum atomic E-state index is -0.316. The molecular weight excluding hydrogens is 558 g/mol. The fraction of sp³-hybridized carbons (Fsp3) is 0.194. The second-order valence-corrected chi connectivity index (χ2v) is 11.4. The van der Waals surface area contributed by atoms with E-state index >= 15 is 0 Å². The molecule has 2 aromatic heterocycles. The number of anilines is 1. The molecule has 1 amide bonds. The van der Waals surface area contributed by atoms with Crippen molar-refractivity contribution in [2.24, 2.45) is 4.99 Å². The molecule has 38 heavy (non-hydrogen) atoms. The highest BCUT2D eigenvalue weighted by Gasteiger charge is 2.19. The Balaban J connectivity index is 1.61. The maximum atomic E-state index is 13.7. The number of benzene rings is 3. The molecule has 0 saturated carbocycles. The van der Waals surface area contributed by atoms with Crippen LogP contribution in [0.1, 0.15) is 44.4 Å². The van der Waals surface area contributed by atoms with Crippen molar-refractivity contribution < 1.29 is 9.21 Å². The summed E-state index contributed by atoms with van der Waals surface area (Å²) in [7, 11) is 0. The standard InChI is InChI=1S/C31H28BrN3O2S/c1-6-27-28(23-14-17(2)10-11-19(23)4)34-31(38-27)35-29(36)24-16-21-15-22(32)12-13-26(21)37-30(24)33-25-9-7-8-18(3)20(25)5/h7-16H,6H2,1-5H3,(H,34,35,36). The number of carbonyl (C=O) groups is 1. The summed E-state index contributed by atoms with van der Waals surface area (Å²) in [5.74, 6) is -0.316. The lowest BCUT2D eigenvalue weighted by Gasteiger charge is -2.07. The third kappa shape index (κ3) is 5.22. The van der Waals surface area contributed by atoms with E-state index in [9.17, 15) is 4.79 Å². The van der Waals surface area contributed by atoms with Crippen LogP contribution >= 0.6 is 27.3 Å². The lowest BCUT2D eigenvalue weighted by Crippen LogP contribution is -2.21. The van der Waals surface area contributed by atoms with E-state index in [1.807, 2.05) is 56.3 Å². The average Bonchev–Trinajstić information content (AvgIpc) is 3.30. The maximum absolute atomic E-state index is 13.7. The Morgan fingerprint density at radius 3 is 2.63 bits per heavy atom. The summed E-state index contributed by atoms with van der Waals surface area (Å²) in [6, 6.07) is 19.8. The highest BCUT2D eigenvalue weighted by molar-refractivity contribution is 9.10. The molecule has 2 heterocycles. The van der Waals surface area contributed by atoms with Gasteiger partial charge >= 0.3 is 0 Å². The normalized spacial score (nSPS) is 11.8. The van der Waals surface area contributed by atoms with Crippen molar-refractivity contribution >= 4 is 55.0 Å². The van der Waals surface area contributed by atoms with Crippen molar-refractivity contribution in [2.45, 2.75) is 41.0 Å². The van der Waals surface area contributed by atoms with Crippen molar-refractivity contribution in [3.8, 4) is 11.3 Å². The first kappa shape index (κ1) is 26.1. The Hall–Kier alpha value is -3.55. The summed E-state index contributed by atoms with van der Waals surface area (Å²) < 4.78 is 7.09. The highest BCUT2D eigenvalue weighted by Crippen LogP contribution is 2.34. The molecule has 0 saturated heterocycles. The second kappa shape index (κ2) is 10.7. The van der Waals surface area contributed by atoms with E-state index in [2.05, 4.69) is 60.2 Å². The van der Waals surface area contributed by atoms with Crippen LogP contribution in [0.3, 0.4) is 0 Å². The van der Waals surface area contributed by atoms with Crippen LogP contribution in [0.5, 0.6) is 0 Å². The van der Waals surface area contributed by atoms with Gasteiger partial charge in [-0.05, 0) is 87.2 Å². The second-order valence-electron chi connectivity index (χ2n) is 9.40. The van der Waals surface area contributed by atoms with E-state index in [-0.39, 0.29) is 11.5 Å². The van der Waals surface area contributed by atoms with Gasteiger partial charge in [0.2, 0.25) is 5.55 Å². The zero-order valence-electron chi connectivity index (χ0n) is 22.0. The predicted molar refractivity (Wildman–Crippen MR) is 159 cm³/mol. The number of hydrogen-bond acceptors (Lipinski definition) is 5. The molecule has 5 aromatic rings. The van der Waals surface area contributed by atoms with Crippen molar-refractivity contribution in [2.75, 3.05) is 5.32 Å². The smallest absolute Gasteiger partial charge is 0.262 e. The molecule has 1 N–H and O–H groups in total. The number of carbonyl (C=O) groups excluding carboxylic acids is 1. The molecule has 0 spiro atoms. The van der Waals surface area contributed by atoms with Gasteiger partial charge in [-0.25, -0.2) is 9.98 Å². The predicted octanol–water partition coefficient (Wildman–Crippen LogP) is 8.60. The topological polar surface area (TPSA) is 67.5 Å². The number of halogens is 1. The van der Waals surface area contributed by atoms with E-state index in [0.29, 0.717) is 16.3 Å². The molecule has 0 fully saturated rings.